The van der Waals surface area contributed by atoms with Gasteiger partial charge in [0.05, 0.1) is 13.2 Å². The summed E-state index contributed by atoms with van der Waals surface area (Å²) in [4.78, 5) is 21.4. The summed E-state index contributed by atoms with van der Waals surface area (Å²) >= 11 is 0. The van der Waals surface area contributed by atoms with Crippen LogP contribution in [0.3, 0.4) is 0 Å². The van der Waals surface area contributed by atoms with Gasteiger partial charge in [-0.15, -0.1) is 0 Å². The van der Waals surface area contributed by atoms with Crippen molar-refractivity contribution in [2.24, 2.45) is 0 Å². The largest absolute Gasteiger partial charge is 0.497 e. The van der Waals surface area contributed by atoms with E-state index in [0.717, 1.165) is 43.1 Å². The van der Waals surface area contributed by atoms with E-state index in [2.05, 4.69) is 38.3 Å². The van der Waals surface area contributed by atoms with Crippen molar-refractivity contribution in [1.82, 2.24) is 15.2 Å². The van der Waals surface area contributed by atoms with Crippen LogP contribution in [0.4, 0.5) is 10.5 Å². The number of carbonyl (C=O) groups is 1. The fraction of sp³-hybridized carbons (Fsp3) is 0.308. The Morgan fingerprint density at radius 3 is 2.42 bits per heavy atom. The molecule has 0 unspecified atom stereocenters. The zero-order chi connectivity index (χ0) is 22.9. The van der Waals surface area contributed by atoms with Crippen LogP contribution in [0.5, 0.6) is 5.75 Å². The van der Waals surface area contributed by atoms with Crippen LogP contribution in [-0.2, 0) is 11.3 Å². The normalized spacial score (nSPS) is 15.0. The summed E-state index contributed by atoms with van der Waals surface area (Å²) in [5, 5.41) is 2.95. The smallest absolute Gasteiger partial charge is 0.407 e. The monoisotopic (exact) mass is 446 g/mol. The molecule has 2 heterocycles. The average Bonchev–Trinajstić information content (AvgIpc) is 2.89. The molecule has 0 bridgehead atoms. The van der Waals surface area contributed by atoms with Crippen LogP contribution in [0.2, 0.25) is 0 Å². The van der Waals surface area contributed by atoms with Crippen molar-refractivity contribution >= 4 is 11.8 Å². The van der Waals surface area contributed by atoms with E-state index in [4.69, 9.17) is 9.47 Å². The molecule has 1 N–H and O–H groups in total. The molecular weight excluding hydrogens is 416 g/mol. The van der Waals surface area contributed by atoms with Gasteiger partial charge in [-0.1, -0.05) is 36.4 Å². The second kappa shape index (κ2) is 11.3. The number of benzene rings is 2. The maximum Gasteiger partial charge on any atom is 0.407 e. The number of hydrogen-bond acceptors (Lipinski definition) is 6. The van der Waals surface area contributed by atoms with Crippen molar-refractivity contribution in [3.05, 3.63) is 90.3 Å². The molecule has 1 aliphatic heterocycles. The van der Waals surface area contributed by atoms with Crippen LogP contribution in [0.25, 0.3) is 0 Å². The number of alkyl carbamates (subject to hydrolysis) is 1. The van der Waals surface area contributed by atoms with E-state index in [-0.39, 0.29) is 12.6 Å². The molecule has 7 heteroatoms. The molecule has 1 fully saturated rings. The van der Waals surface area contributed by atoms with Gasteiger partial charge < -0.3 is 19.7 Å². The second-order valence-corrected chi connectivity index (χ2v) is 7.97. The van der Waals surface area contributed by atoms with Crippen molar-refractivity contribution in [3.8, 4) is 5.75 Å². The van der Waals surface area contributed by atoms with Crippen LogP contribution in [0.15, 0.2) is 79.1 Å². The summed E-state index contributed by atoms with van der Waals surface area (Å²) in [5.74, 6) is 0.860. The topological polar surface area (TPSA) is 66.9 Å². The number of ether oxygens (including phenoxy) is 2. The van der Waals surface area contributed by atoms with E-state index in [1.807, 2.05) is 54.7 Å². The summed E-state index contributed by atoms with van der Waals surface area (Å²) in [5.41, 5.74) is 3.24. The van der Waals surface area contributed by atoms with Crippen molar-refractivity contribution in [3.63, 3.8) is 0 Å². The van der Waals surface area contributed by atoms with E-state index in [9.17, 15) is 4.79 Å². The van der Waals surface area contributed by atoms with E-state index in [0.29, 0.717) is 6.54 Å². The maximum absolute atomic E-state index is 12.3. The molecular formula is C26H30N4O3. The third-order valence-corrected chi connectivity index (χ3v) is 5.91. The summed E-state index contributed by atoms with van der Waals surface area (Å²) < 4.78 is 10.7. The lowest BCUT2D eigenvalue weighted by Crippen LogP contribution is -2.50. The molecule has 0 aliphatic carbocycles. The molecule has 3 aromatic rings. The first-order chi connectivity index (χ1) is 16.2. The number of carbonyl (C=O) groups excluding carboxylic acids is 1. The van der Waals surface area contributed by atoms with Crippen LogP contribution >= 0.6 is 0 Å². The number of rotatable bonds is 8. The Hall–Kier alpha value is -3.58. The van der Waals surface area contributed by atoms with Gasteiger partial charge in [0.15, 0.2) is 0 Å². The maximum atomic E-state index is 12.3. The molecule has 0 saturated carbocycles. The predicted octanol–water partition coefficient (Wildman–Crippen LogP) is 3.88. The molecule has 2 aromatic carbocycles. The van der Waals surface area contributed by atoms with Gasteiger partial charge in [-0.25, -0.2) is 4.79 Å². The highest BCUT2D eigenvalue weighted by molar-refractivity contribution is 5.67. The molecule has 1 aromatic heterocycles. The van der Waals surface area contributed by atoms with Gasteiger partial charge in [-0.3, -0.25) is 9.88 Å². The van der Waals surface area contributed by atoms with Gasteiger partial charge in [0.2, 0.25) is 0 Å². The SMILES string of the molecule is COc1ccc(N2CCN([C@H](CNC(=O)OCc3ccccc3)c3cccnc3)CC2)cc1. The van der Waals surface area contributed by atoms with Crippen LogP contribution < -0.4 is 15.0 Å². The van der Waals surface area contributed by atoms with E-state index in [1.165, 1.54) is 5.69 Å². The van der Waals surface area contributed by atoms with Crippen molar-refractivity contribution in [2.75, 3.05) is 44.7 Å². The first-order valence-electron chi connectivity index (χ1n) is 11.2. The molecule has 4 rings (SSSR count). The Labute approximate surface area is 195 Å². The fourth-order valence-electron chi connectivity index (χ4n) is 4.07. The molecule has 1 atom stereocenters. The number of amides is 1. The lowest BCUT2D eigenvalue weighted by molar-refractivity contribution is 0.130. The molecule has 0 spiro atoms. The number of hydrogen-bond donors (Lipinski definition) is 1. The van der Waals surface area contributed by atoms with Crippen LogP contribution in [-0.4, -0.2) is 55.8 Å². The molecule has 1 amide bonds. The highest BCUT2D eigenvalue weighted by Gasteiger charge is 2.26. The standard InChI is InChI=1S/C26H30N4O3/c1-32-24-11-9-23(10-12-24)29-14-16-30(17-15-29)25(22-8-5-13-27-18-22)19-28-26(31)33-20-21-6-3-2-4-7-21/h2-13,18,25H,14-17,19-20H2,1H3,(H,28,31)/t25-/m1/s1. The van der Waals surface area contributed by atoms with Gasteiger partial charge in [0.1, 0.15) is 12.4 Å². The first kappa shape index (κ1) is 22.6. The molecule has 0 radical (unpaired) electrons. The first-order valence-corrected chi connectivity index (χ1v) is 11.2. The minimum atomic E-state index is -0.412. The third kappa shape index (κ3) is 6.23. The fourth-order valence-corrected chi connectivity index (χ4v) is 4.07. The number of pyridine rings is 1. The van der Waals surface area contributed by atoms with Crippen molar-refractivity contribution in [1.29, 1.82) is 0 Å². The molecule has 7 nitrogen and oxygen atoms in total. The number of piperazine rings is 1. The number of nitrogens with one attached hydrogen (secondary N) is 1. The van der Waals surface area contributed by atoms with Gasteiger partial charge in [0.25, 0.3) is 0 Å². The van der Waals surface area contributed by atoms with E-state index in [1.54, 1.807) is 13.3 Å². The van der Waals surface area contributed by atoms with Gasteiger partial charge in [-0.05, 0) is 41.5 Å². The highest BCUT2D eigenvalue weighted by Crippen LogP contribution is 2.25. The van der Waals surface area contributed by atoms with Gasteiger partial charge in [0, 0.05) is 50.8 Å². The molecule has 172 valence electrons. The highest BCUT2D eigenvalue weighted by atomic mass is 16.5. The Morgan fingerprint density at radius 1 is 1.00 bits per heavy atom. The molecule has 33 heavy (non-hydrogen) atoms. The number of methoxy groups -OCH3 is 1. The molecule has 1 aliphatic rings. The average molecular weight is 447 g/mol. The minimum Gasteiger partial charge on any atom is -0.497 e. The van der Waals surface area contributed by atoms with Crippen LogP contribution in [0, 0.1) is 0 Å². The van der Waals surface area contributed by atoms with E-state index >= 15 is 0 Å². The van der Waals surface area contributed by atoms with Gasteiger partial charge >= 0.3 is 6.09 Å². The quantitative estimate of drug-likeness (QED) is 0.567. The van der Waals surface area contributed by atoms with Crippen LogP contribution in [0.1, 0.15) is 17.2 Å². The summed E-state index contributed by atoms with van der Waals surface area (Å²) in [6, 6.07) is 21.9. The predicted molar refractivity (Wildman–Crippen MR) is 128 cm³/mol. The minimum absolute atomic E-state index is 0.0287. The van der Waals surface area contributed by atoms with Crippen molar-refractivity contribution in [2.45, 2.75) is 12.6 Å². The summed E-state index contributed by atoms with van der Waals surface area (Å²) in [7, 11) is 1.68. The number of nitrogens with zero attached hydrogens (tertiary/aromatic N) is 3. The Balaban J connectivity index is 1.34. The lowest BCUT2D eigenvalue weighted by Gasteiger charge is -2.40. The third-order valence-electron chi connectivity index (χ3n) is 5.91. The van der Waals surface area contributed by atoms with E-state index < -0.39 is 6.09 Å². The lowest BCUT2D eigenvalue weighted by atomic mass is 10.1. The zero-order valence-electron chi connectivity index (χ0n) is 18.9. The Morgan fingerprint density at radius 2 is 1.76 bits per heavy atom. The second-order valence-electron chi connectivity index (χ2n) is 7.97. The number of anilines is 1. The Kier molecular flexibility index (Phi) is 7.76. The van der Waals surface area contributed by atoms with Crippen molar-refractivity contribution < 1.29 is 14.3 Å². The summed E-state index contributed by atoms with van der Waals surface area (Å²) in [6.45, 7) is 4.29. The number of aromatic nitrogens is 1. The summed E-state index contributed by atoms with van der Waals surface area (Å²) in [6.07, 6.45) is 3.23. The Bertz CT molecular complexity index is 991. The zero-order valence-corrected chi connectivity index (χ0v) is 18.9. The van der Waals surface area contributed by atoms with Gasteiger partial charge in [-0.2, -0.15) is 0 Å². The molecule has 1 saturated heterocycles.